The van der Waals surface area contributed by atoms with Gasteiger partial charge in [-0.05, 0) is 50.8 Å². The second kappa shape index (κ2) is 9.03. The lowest BCUT2D eigenvalue weighted by molar-refractivity contribution is 0.106. The summed E-state index contributed by atoms with van der Waals surface area (Å²) in [6.07, 6.45) is 3.47. The molecule has 0 aromatic heterocycles. The molecule has 4 heteroatoms. The highest BCUT2D eigenvalue weighted by Crippen LogP contribution is 2.16. The van der Waals surface area contributed by atoms with Crippen molar-refractivity contribution in [1.82, 2.24) is 5.32 Å². The molecule has 2 atom stereocenters. The number of nitrogens with one attached hydrogen (secondary N) is 1. The van der Waals surface area contributed by atoms with Gasteiger partial charge in [0, 0.05) is 13.2 Å². The van der Waals surface area contributed by atoms with E-state index in [2.05, 4.69) is 12.2 Å². The third-order valence-electron chi connectivity index (χ3n) is 3.50. The van der Waals surface area contributed by atoms with Crippen molar-refractivity contribution < 1.29 is 13.5 Å². The highest BCUT2D eigenvalue weighted by Gasteiger charge is 2.15. The van der Waals surface area contributed by atoms with Gasteiger partial charge in [-0.15, -0.1) is 0 Å². The first-order valence-electron chi connectivity index (χ1n) is 7.27. The zero-order valence-corrected chi connectivity index (χ0v) is 12.6. The van der Waals surface area contributed by atoms with E-state index in [9.17, 15) is 8.78 Å². The molecule has 0 aliphatic rings. The second-order valence-corrected chi connectivity index (χ2v) is 5.19. The van der Waals surface area contributed by atoms with E-state index in [0.29, 0.717) is 12.0 Å². The Hall–Kier alpha value is -1.00. The van der Waals surface area contributed by atoms with E-state index in [-0.39, 0.29) is 12.1 Å². The average Bonchev–Trinajstić information content (AvgIpc) is 2.45. The highest BCUT2D eigenvalue weighted by molar-refractivity contribution is 5.20. The minimum absolute atomic E-state index is 0.142. The molecular weight excluding hydrogens is 260 g/mol. The Morgan fingerprint density at radius 1 is 1.25 bits per heavy atom. The SMILES string of the molecule is CCCNC(CCC(C)OC)Cc1cccc(F)c1F. The van der Waals surface area contributed by atoms with Gasteiger partial charge >= 0.3 is 0 Å². The molecule has 0 aliphatic carbocycles. The minimum atomic E-state index is -0.776. The van der Waals surface area contributed by atoms with E-state index < -0.39 is 11.6 Å². The number of ether oxygens (including phenoxy) is 1. The molecule has 1 aromatic carbocycles. The van der Waals surface area contributed by atoms with Crippen LogP contribution in [0, 0.1) is 11.6 Å². The standard InChI is InChI=1S/C16H25F2NO/c1-4-10-19-14(9-8-12(2)20-3)11-13-6-5-7-15(17)16(13)18/h5-7,12,14,19H,4,8-11H2,1-3H3. The molecule has 0 aliphatic heterocycles. The number of hydrogen-bond acceptors (Lipinski definition) is 2. The third-order valence-corrected chi connectivity index (χ3v) is 3.50. The lowest BCUT2D eigenvalue weighted by atomic mass is 9.99. The zero-order chi connectivity index (χ0) is 15.0. The van der Waals surface area contributed by atoms with Gasteiger partial charge in [-0.2, -0.15) is 0 Å². The molecule has 20 heavy (non-hydrogen) atoms. The molecule has 0 bridgehead atoms. The minimum Gasteiger partial charge on any atom is -0.382 e. The van der Waals surface area contributed by atoms with E-state index in [1.54, 1.807) is 19.2 Å². The molecule has 0 radical (unpaired) electrons. The summed E-state index contributed by atoms with van der Waals surface area (Å²) in [5.74, 6) is -1.50. The molecule has 2 nitrogen and oxygen atoms in total. The van der Waals surface area contributed by atoms with Crippen LogP contribution in [0.3, 0.4) is 0 Å². The fourth-order valence-corrected chi connectivity index (χ4v) is 2.15. The van der Waals surface area contributed by atoms with Crippen LogP contribution in [-0.2, 0) is 11.2 Å². The Morgan fingerprint density at radius 3 is 2.65 bits per heavy atom. The molecule has 0 saturated carbocycles. The quantitative estimate of drug-likeness (QED) is 0.747. The van der Waals surface area contributed by atoms with Crippen molar-refractivity contribution in [2.75, 3.05) is 13.7 Å². The summed E-state index contributed by atoms with van der Waals surface area (Å²) in [7, 11) is 1.69. The average molecular weight is 285 g/mol. The fourth-order valence-electron chi connectivity index (χ4n) is 2.15. The molecule has 2 unspecified atom stereocenters. The first kappa shape index (κ1) is 17.1. The van der Waals surface area contributed by atoms with E-state index in [1.807, 2.05) is 6.92 Å². The summed E-state index contributed by atoms with van der Waals surface area (Å²) in [5, 5.41) is 3.40. The lowest BCUT2D eigenvalue weighted by Crippen LogP contribution is -2.33. The number of rotatable bonds is 9. The number of benzene rings is 1. The molecule has 0 amide bonds. The molecule has 0 fully saturated rings. The van der Waals surface area contributed by atoms with Gasteiger partial charge < -0.3 is 10.1 Å². The van der Waals surface area contributed by atoms with E-state index >= 15 is 0 Å². The van der Waals surface area contributed by atoms with Crippen LogP contribution < -0.4 is 5.32 Å². The number of hydrogen-bond donors (Lipinski definition) is 1. The van der Waals surface area contributed by atoms with Crippen molar-refractivity contribution in [2.45, 2.75) is 51.7 Å². The summed E-state index contributed by atoms with van der Waals surface area (Å²) < 4.78 is 32.2. The molecule has 1 rings (SSSR count). The van der Waals surface area contributed by atoms with Gasteiger partial charge in [-0.25, -0.2) is 8.78 Å². The van der Waals surface area contributed by atoms with Gasteiger partial charge in [0.1, 0.15) is 0 Å². The van der Waals surface area contributed by atoms with Crippen LogP contribution in [0.4, 0.5) is 8.78 Å². The molecule has 1 aromatic rings. The maximum absolute atomic E-state index is 13.7. The van der Waals surface area contributed by atoms with Crippen molar-refractivity contribution in [2.24, 2.45) is 0 Å². The topological polar surface area (TPSA) is 21.3 Å². The Balaban J connectivity index is 2.65. The van der Waals surface area contributed by atoms with E-state index in [0.717, 1.165) is 31.9 Å². The van der Waals surface area contributed by atoms with Crippen molar-refractivity contribution in [3.05, 3.63) is 35.4 Å². The van der Waals surface area contributed by atoms with Crippen LogP contribution in [0.5, 0.6) is 0 Å². The van der Waals surface area contributed by atoms with E-state index in [1.165, 1.54) is 0 Å². The number of halogens is 2. The predicted octanol–water partition coefficient (Wildman–Crippen LogP) is 3.69. The zero-order valence-electron chi connectivity index (χ0n) is 12.6. The van der Waals surface area contributed by atoms with Crippen molar-refractivity contribution in [1.29, 1.82) is 0 Å². The van der Waals surface area contributed by atoms with Gasteiger partial charge in [0.05, 0.1) is 6.10 Å². The third kappa shape index (κ3) is 5.55. The van der Waals surface area contributed by atoms with Crippen LogP contribution in [0.25, 0.3) is 0 Å². The molecule has 0 saturated heterocycles. The largest absolute Gasteiger partial charge is 0.382 e. The maximum atomic E-state index is 13.7. The van der Waals surface area contributed by atoms with Crippen molar-refractivity contribution >= 4 is 0 Å². The fraction of sp³-hybridized carbons (Fsp3) is 0.625. The lowest BCUT2D eigenvalue weighted by Gasteiger charge is -2.20. The Morgan fingerprint density at radius 2 is 2.00 bits per heavy atom. The highest BCUT2D eigenvalue weighted by atomic mass is 19.2. The summed E-state index contributed by atoms with van der Waals surface area (Å²) in [4.78, 5) is 0. The van der Waals surface area contributed by atoms with Crippen molar-refractivity contribution in [3.63, 3.8) is 0 Å². The normalized spacial score (nSPS) is 14.2. The van der Waals surface area contributed by atoms with Gasteiger partial charge in [0.2, 0.25) is 0 Å². The van der Waals surface area contributed by atoms with Gasteiger partial charge in [0.15, 0.2) is 11.6 Å². The van der Waals surface area contributed by atoms with Gasteiger partial charge in [0.25, 0.3) is 0 Å². The summed E-state index contributed by atoms with van der Waals surface area (Å²) in [5.41, 5.74) is 0.434. The molecular formula is C16H25F2NO. The molecule has 0 heterocycles. The van der Waals surface area contributed by atoms with Crippen LogP contribution in [0.15, 0.2) is 18.2 Å². The van der Waals surface area contributed by atoms with Gasteiger partial charge in [-0.1, -0.05) is 19.1 Å². The predicted molar refractivity (Wildman–Crippen MR) is 77.8 cm³/mol. The van der Waals surface area contributed by atoms with Gasteiger partial charge in [-0.3, -0.25) is 0 Å². The first-order chi connectivity index (χ1) is 9.58. The Labute approximate surface area is 120 Å². The van der Waals surface area contributed by atoms with Crippen LogP contribution in [0.1, 0.15) is 38.7 Å². The molecule has 114 valence electrons. The molecule has 0 spiro atoms. The first-order valence-corrected chi connectivity index (χ1v) is 7.27. The van der Waals surface area contributed by atoms with Crippen LogP contribution >= 0.6 is 0 Å². The van der Waals surface area contributed by atoms with Crippen molar-refractivity contribution in [3.8, 4) is 0 Å². The smallest absolute Gasteiger partial charge is 0.162 e. The summed E-state index contributed by atoms with van der Waals surface area (Å²) in [6, 6.07) is 4.51. The molecule has 1 N–H and O–H groups in total. The second-order valence-electron chi connectivity index (χ2n) is 5.19. The summed E-state index contributed by atoms with van der Waals surface area (Å²) >= 11 is 0. The summed E-state index contributed by atoms with van der Waals surface area (Å²) in [6.45, 7) is 4.98. The van der Waals surface area contributed by atoms with E-state index in [4.69, 9.17) is 4.74 Å². The Kier molecular flexibility index (Phi) is 7.70. The monoisotopic (exact) mass is 285 g/mol. The van der Waals surface area contributed by atoms with Crippen LogP contribution in [0.2, 0.25) is 0 Å². The maximum Gasteiger partial charge on any atom is 0.162 e. The Bertz CT molecular complexity index is 398. The van der Waals surface area contributed by atoms with Crippen LogP contribution in [-0.4, -0.2) is 25.8 Å². The number of methoxy groups -OCH3 is 1.